The van der Waals surface area contributed by atoms with Crippen molar-refractivity contribution >= 4 is 17.3 Å². The van der Waals surface area contributed by atoms with E-state index in [0.29, 0.717) is 30.6 Å². The maximum Gasteiger partial charge on any atom is 0.159 e. The predicted octanol–water partition coefficient (Wildman–Crippen LogP) is 6.68. The highest BCUT2D eigenvalue weighted by molar-refractivity contribution is 5.94. The lowest BCUT2D eigenvalue weighted by atomic mass is 9.41. The Kier molecular flexibility index (Phi) is 7.79. The van der Waals surface area contributed by atoms with Gasteiger partial charge in [-0.2, -0.15) is 0 Å². The highest BCUT2D eigenvalue weighted by Crippen LogP contribution is 2.71. The summed E-state index contributed by atoms with van der Waals surface area (Å²) in [6.45, 7) is 3.84. The first-order valence-corrected chi connectivity index (χ1v) is 16.1. The van der Waals surface area contributed by atoms with Crippen LogP contribution in [0.3, 0.4) is 0 Å². The number of anilines is 1. The van der Waals surface area contributed by atoms with Crippen molar-refractivity contribution in [3.8, 4) is 0 Å². The Hall–Kier alpha value is -3.02. The average molecular weight is 582 g/mol. The van der Waals surface area contributed by atoms with Crippen LogP contribution >= 0.6 is 0 Å². The van der Waals surface area contributed by atoms with Gasteiger partial charge < -0.3 is 15.1 Å². The van der Waals surface area contributed by atoms with Gasteiger partial charge in [0.25, 0.3) is 0 Å². The number of benzene rings is 2. The SMILES string of the molecule is CC(=O)c1ccc(C[C@]23CCC(=O)C=C2CC[C@@H]2C3[C@@H](c3ccc(N(C)C)cc3)C[C@@]3(C)[C@H]2CC[C@@]3(O)/C=C\CO)cc1. The van der Waals surface area contributed by atoms with Crippen LogP contribution in [0.1, 0.15) is 86.2 Å². The molecule has 43 heavy (non-hydrogen) atoms. The zero-order valence-electron chi connectivity index (χ0n) is 26.2. The van der Waals surface area contributed by atoms with Crippen LogP contribution < -0.4 is 4.90 Å². The van der Waals surface area contributed by atoms with E-state index in [2.05, 4.69) is 62.3 Å². The quantitative estimate of drug-likeness (QED) is 0.282. The van der Waals surface area contributed by atoms with Gasteiger partial charge in [0.1, 0.15) is 0 Å². The van der Waals surface area contributed by atoms with Crippen LogP contribution in [0.15, 0.2) is 72.3 Å². The molecule has 0 heterocycles. The monoisotopic (exact) mass is 581 g/mol. The summed E-state index contributed by atoms with van der Waals surface area (Å²) in [7, 11) is 4.13. The molecule has 3 saturated carbocycles. The van der Waals surface area contributed by atoms with Crippen LogP contribution in [-0.2, 0) is 11.2 Å². The first-order valence-electron chi connectivity index (χ1n) is 16.1. The van der Waals surface area contributed by atoms with E-state index in [9.17, 15) is 19.8 Å². The summed E-state index contributed by atoms with van der Waals surface area (Å²) in [5, 5.41) is 21.8. The summed E-state index contributed by atoms with van der Waals surface area (Å²) in [6, 6.07) is 17.1. The molecule has 6 rings (SSSR count). The van der Waals surface area contributed by atoms with Crippen LogP contribution in [0.2, 0.25) is 0 Å². The number of fused-ring (bicyclic) bond motifs is 5. The topological polar surface area (TPSA) is 77.8 Å². The van der Waals surface area contributed by atoms with Crippen molar-refractivity contribution in [2.24, 2.45) is 28.6 Å². The van der Waals surface area contributed by atoms with Crippen molar-refractivity contribution in [1.82, 2.24) is 0 Å². The van der Waals surface area contributed by atoms with Crippen molar-refractivity contribution in [3.63, 3.8) is 0 Å². The van der Waals surface area contributed by atoms with E-state index < -0.39 is 5.60 Å². The van der Waals surface area contributed by atoms with Gasteiger partial charge in [-0.1, -0.05) is 61.0 Å². The van der Waals surface area contributed by atoms with Gasteiger partial charge in [0.2, 0.25) is 0 Å². The third-order valence-electron chi connectivity index (χ3n) is 12.1. The molecule has 0 spiro atoms. The van der Waals surface area contributed by atoms with Gasteiger partial charge in [0.15, 0.2) is 11.6 Å². The lowest BCUT2D eigenvalue weighted by Gasteiger charge is -2.63. The summed E-state index contributed by atoms with van der Waals surface area (Å²) in [4.78, 5) is 27.0. The smallest absolute Gasteiger partial charge is 0.159 e. The number of hydrogen-bond acceptors (Lipinski definition) is 5. The Morgan fingerprint density at radius 2 is 1.74 bits per heavy atom. The molecule has 3 fully saturated rings. The maximum atomic E-state index is 12.9. The molecule has 0 amide bonds. The van der Waals surface area contributed by atoms with E-state index in [4.69, 9.17) is 0 Å². The molecule has 4 aliphatic rings. The van der Waals surface area contributed by atoms with Gasteiger partial charge in [-0.15, -0.1) is 0 Å². The molecule has 1 unspecified atom stereocenters. The van der Waals surface area contributed by atoms with Gasteiger partial charge in [0, 0.05) is 37.2 Å². The number of carbonyl (C=O) groups is 2. The minimum atomic E-state index is -0.957. The van der Waals surface area contributed by atoms with Crippen LogP contribution in [0.4, 0.5) is 5.69 Å². The Balaban J connectivity index is 1.50. The van der Waals surface area contributed by atoms with Crippen LogP contribution in [0.25, 0.3) is 0 Å². The summed E-state index contributed by atoms with van der Waals surface area (Å²) >= 11 is 0. The highest BCUT2D eigenvalue weighted by atomic mass is 16.3. The number of nitrogens with zero attached hydrogens (tertiary/aromatic N) is 1. The van der Waals surface area contributed by atoms with E-state index in [1.165, 1.54) is 16.7 Å². The van der Waals surface area contributed by atoms with E-state index >= 15 is 0 Å². The lowest BCUT2D eigenvalue weighted by Crippen LogP contribution is -2.58. The zero-order chi connectivity index (χ0) is 30.6. The summed E-state index contributed by atoms with van der Waals surface area (Å²) < 4.78 is 0. The van der Waals surface area contributed by atoms with Crippen molar-refractivity contribution in [1.29, 1.82) is 0 Å². The average Bonchev–Trinajstić information content (AvgIpc) is 3.26. The Labute approximate surface area is 256 Å². The third kappa shape index (κ3) is 4.93. The number of ketones is 2. The van der Waals surface area contributed by atoms with E-state index in [0.717, 1.165) is 49.8 Å². The minimum absolute atomic E-state index is 0.0712. The fraction of sp³-hybridized carbons (Fsp3) is 0.526. The van der Waals surface area contributed by atoms with E-state index in [1.54, 1.807) is 13.0 Å². The summed E-state index contributed by atoms with van der Waals surface area (Å²) in [5.74, 6) is 1.63. The number of Topliss-reactive ketones (excluding diaryl/α,β-unsaturated/α-hetero) is 1. The molecule has 2 N–H and O–H groups in total. The molecule has 7 atom stereocenters. The Morgan fingerprint density at radius 1 is 1.02 bits per heavy atom. The van der Waals surface area contributed by atoms with Crippen molar-refractivity contribution in [3.05, 3.63) is 89.0 Å². The van der Waals surface area contributed by atoms with E-state index in [-0.39, 0.29) is 34.9 Å². The molecule has 0 saturated heterocycles. The van der Waals surface area contributed by atoms with Crippen LogP contribution in [0, 0.1) is 28.6 Å². The van der Waals surface area contributed by atoms with Gasteiger partial charge in [0.05, 0.1) is 12.2 Å². The van der Waals surface area contributed by atoms with Gasteiger partial charge in [-0.05, 0) is 110 Å². The largest absolute Gasteiger partial charge is 0.392 e. The fourth-order valence-electron chi connectivity index (χ4n) is 9.97. The molecule has 2 aromatic rings. The molecule has 5 heteroatoms. The van der Waals surface area contributed by atoms with E-state index in [1.807, 2.05) is 24.3 Å². The second-order valence-corrected chi connectivity index (χ2v) is 14.3. The van der Waals surface area contributed by atoms with Crippen molar-refractivity contribution in [2.75, 3.05) is 25.6 Å². The first-order chi connectivity index (χ1) is 20.5. The minimum Gasteiger partial charge on any atom is -0.392 e. The fourth-order valence-corrected chi connectivity index (χ4v) is 9.97. The predicted molar refractivity (Wildman–Crippen MR) is 171 cm³/mol. The van der Waals surface area contributed by atoms with Crippen LogP contribution in [0.5, 0.6) is 0 Å². The number of allylic oxidation sites excluding steroid dienone is 1. The second-order valence-electron chi connectivity index (χ2n) is 14.3. The molecule has 0 radical (unpaired) electrons. The summed E-state index contributed by atoms with van der Waals surface area (Å²) in [6.07, 6.45) is 12.4. The highest BCUT2D eigenvalue weighted by Gasteiger charge is 2.66. The van der Waals surface area contributed by atoms with Gasteiger partial charge >= 0.3 is 0 Å². The molecule has 2 aromatic carbocycles. The second kappa shape index (κ2) is 11.2. The number of carbonyl (C=O) groups excluding carboxylic acids is 2. The normalized spacial score (nSPS) is 35.2. The van der Waals surface area contributed by atoms with Crippen LogP contribution in [-0.4, -0.2) is 48.1 Å². The Morgan fingerprint density at radius 3 is 2.40 bits per heavy atom. The molecule has 228 valence electrons. The molecular weight excluding hydrogens is 534 g/mol. The van der Waals surface area contributed by atoms with Gasteiger partial charge in [-0.25, -0.2) is 0 Å². The molecule has 0 bridgehead atoms. The standard InChI is InChI=1S/C38H47NO4/c1-25(41)27-8-6-26(7-9-27)23-37-19-16-31(42)22-29(37)12-15-32-34-17-20-38(43,18-5-21-40)36(34,2)24-33(35(32)37)28-10-13-30(14-11-28)39(3)4/h5-11,13-14,18,22,32-35,40,43H,12,15-17,19-21,23-24H2,1-4H3/b18-5-/t32-,33+,34-,35?,36-,37+,38-/m0/s1. The molecular formula is C38H47NO4. The molecule has 5 nitrogen and oxygen atoms in total. The summed E-state index contributed by atoms with van der Waals surface area (Å²) in [5.41, 5.74) is 4.31. The molecule has 0 aromatic heterocycles. The van der Waals surface area contributed by atoms with Crippen molar-refractivity contribution in [2.45, 2.75) is 76.7 Å². The lowest BCUT2D eigenvalue weighted by molar-refractivity contribution is -0.125. The molecule has 0 aliphatic heterocycles. The van der Waals surface area contributed by atoms with Gasteiger partial charge in [-0.3, -0.25) is 9.59 Å². The van der Waals surface area contributed by atoms with Crippen molar-refractivity contribution < 1.29 is 19.8 Å². The Bertz CT molecular complexity index is 1440. The first kappa shape index (κ1) is 30.0. The number of aliphatic hydroxyl groups is 2. The number of rotatable bonds is 7. The third-order valence-corrected chi connectivity index (χ3v) is 12.1. The number of aliphatic hydroxyl groups excluding tert-OH is 1. The molecule has 4 aliphatic carbocycles. The zero-order valence-corrected chi connectivity index (χ0v) is 26.2. The number of hydrogen-bond donors (Lipinski definition) is 2. The maximum absolute atomic E-state index is 12.9.